The number of aliphatic hydroxyl groups is 1. The molecular formula is C18H21FN2O2S. The van der Waals surface area contributed by atoms with E-state index >= 15 is 0 Å². The molecule has 1 aromatic heterocycles. The van der Waals surface area contributed by atoms with Crippen LogP contribution in [-0.2, 0) is 0 Å². The largest absolute Gasteiger partial charge is 0.394 e. The van der Waals surface area contributed by atoms with Crippen molar-refractivity contribution in [2.75, 3.05) is 13.2 Å². The van der Waals surface area contributed by atoms with E-state index < -0.39 is 0 Å². The maximum absolute atomic E-state index is 13.2. The van der Waals surface area contributed by atoms with E-state index in [4.69, 9.17) is 0 Å². The molecule has 3 rings (SSSR count). The van der Waals surface area contributed by atoms with Crippen LogP contribution in [0.1, 0.15) is 35.3 Å². The van der Waals surface area contributed by atoms with Crippen molar-refractivity contribution in [2.45, 2.75) is 32.7 Å². The molecule has 128 valence electrons. The van der Waals surface area contributed by atoms with E-state index in [0.29, 0.717) is 12.2 Å². The summed E-state index contributed by atoms with van der Waals surface area (Å²) in [6.07, 6.45) is 1.94. The minimum absolute atomic E-state index is 0.0398. The van der Waals surface area contributed by atoms with Gasteiger partial charge in [0.05, 0.1) is 22.5 Å². The van der Waals surface area contributed by atoms with E-state index in [2.05, 4.69) is 11.9 Å². The van der Waals surface area contributed by atoms with Crippen molar-refractivity contribution in [1.29, 1.82) is 0 Å². The molecule has 4 nitrogen and oxygen atoms in total. The van der Waals surface area contributed by atoms with Crippen LogP contribution in [0.5, 0.6) is 0 Å². The lowest BCUT2D eigenvalue weighted by atomic mass is 9.91. The number of nitrogens with zero attached hydrogens (tertiary/aromatic N) is 2. The van der Waals surface area contributed by atoms with Gasteiger partial charge in [0.15, 0.2) is 0 Å². The zero-order valence-electron chi connectivity index (χ0n) is 13.8. The molecule has 0 bridgehead atoms. The van der Waals surface area contributed by atoms with Crippen LogP contribution in [0.15, 0.2) is 24.3 Å². The summed E-state index contributed by atoms with van der Waals surface area (Å²) in [5.41, 5.74) is 1.19. The second-order valence-electron chi connectivity index (χ2n) is 6.29. The number of piperidine rings is 1. The standard InChI is InChI=1S/C18H21FN2O2S/c1-11-4-3-9-21(15(11)10-22)18(23)16-17(24-12(2)20-16)13-5-7-14(19)8-6-13/h5-8,11,15,22H,3-4,9-10H2,1-2H3/t11-,15-/m1/s1. The Bertz CT molecular complexity index is 729. The number of likely N-dealkylation sites (tertiary alicyclic amines) is 1. The molecule has 1 N–H and O–H groups in total. The van der Waals surface area contributed by atoms with Crippen LogP contribution in [0.25, 0.3) is 10.4 Å². The zero-order chi connectivity index (χ0) is 17.3. The van der Waals surface area contributed by atoms with Gasteiger partial charge in [-0.3, -0.25) is 4.79 Å². The van der Waals surface area contributed by atoms with Gasteiger partial charge in [-0.1, -0.05) is 19.1 Å². The number of hydrogen-bond donors (Lipinski definition) is 1. The van der Waals surface area contributed by atoms with Gasteiger partial charge in [-0.05, 0) is 43.4 Å². The quantitative estimate of drug-likeness (QED) is 0.924. The maximum Gasteiger partial charge on any atom is 0.274 e. The highest BCUT2D eigenvalue weighted by molar-refractivity contribution is 7.15. The first kappa shape index (κ1) is 17.0. The fraction of sp³-hybridized carbons (Fsp3) is 0.444. The summed E-state index contributed by atoms with van der Waals surface area (Å²) in [6.45, 7) is 4.51. The SMILES string of the molecule is Cc1nc(C(=O)N2CCC[C@@H](C)[C@H]2CO)c(-c2ccc(F)cc2)s1. The van der Waals surface area contributed by atoms with Crippen molar-refractivity contribution in [1.82, 2.24) is 9.88 Å². The van der Waals surface area contributed by atoms with E-state index in [9.17, 15) is 14.3 Å². The Morgan fingerprint density at radius 3 is 2.79 bits per heavy atom. The minimum Gasteiger partial charge on any atom is -0.394 e. The molecule has 24 heavy (non-hydrogen) atoms. The molecule has 0 aliphatic carbocycles. The second-order valence-corrected chi connectivity index (χ2v) is 7.49. The van der Waals surface area contributed by atoms with Crippen molar-refractivity contribution in [2.24, 2.45) is 5.92 Å². The summed E-state index contributed by atoms with van der Waals surface area (Å²) >= 11 is 1.43. The zero-order valence-corrected chi connectivity index (χ0v) is 14.6. The van der Waals surface area contributed by atoms with Crippen LogP contribution in [0.4, 0.5) is 4.39 Å². The van der Waals surface area contributed by atoms with Crippen LogP contribution in [0.2, 0.25) is 0 Å². The second kappa shape index (κ2) is 6.99. The Balaban J connectivity index is 1.97. The number of aryl methyl sites for hydroxylation is 1. The molecule has 1 aliphatic rings. The molecule has 0 saturated carbocycles. The minimum atomic E-state index is -0.307. The van der Waals surface area contributed by atoms with Crippen LogP contribution >= 0.6 is 11.3 Å². The molecule has 2 atom stereocenters. The lowest BCUT2D eigenvalue weighted by molar-refractivity contribution is 0.0354. The van der Waals surface area contributed by atoms with Gasteiger partial charge in [0.1, 0.15) is 11.5 Å². The summed E-state index contributed by atoms with van der Waals surface area (Å²) in [5, 5.41) is 10.5. The number of hydrogen-bond acceptors (Lipinski definition) is 4. The molecule has 1 amide bonds. The Hall–Kier alpha value is -1.79. The summed E-state index contributed by atoms with van der Waals surface area (Å²) in [4.78, 5) is 20.0. The van der Waals surface area contributed by atoms with Crippen molar-refractivity contribution in [3.05, 3.63) is 40.8 Å². The first-order valence-electron chi connectivity index (χ1n) is 8.16. The topological polar surface area (TPSA) is 53.4 Å². The molecule has 0 spiro atoms. The van der Waals surface area contributed by atoms with Gasteiger partial charge in [-0.2, -0.15) is 0 Å². The highest BCUT2D eigenvalue weighted by Crippen LogP contribution is 2.33. The lowest BCUT2D eigenvalue weighted by Gasteiger charge is -2.38. The van der Waals surface area contributed by atoms with Gasteiger partial charge in [0, 0.05) is 6.54 Å². The lowest BCUT2D eigenvalue weighted by Crippen LogP contribution is -2.49. The molecular weight excluding hydrogens is 327 g/mol. The number of aromatic nitrogens is 1. The molecule has 1 fully saturated rings. The van der Waals surface area contributed by atoms with Crippen molar-refractivity contribution >= 4 is 17.2 Å². The number of aliphatic hydroxyl groups excluding tert-OH is 1. The first-order valence-corrected chi connectivity index (χ1v) is 8.98. The van der Waals surface area contributed by atoms with Gasteiger partial charge in [-0.25, -0.2) is 9.37 Å². The van der Waals surface area contributed by atoms with Gasteiger partial charge < -0.3 is 10.0 Å². The average Bonchev–Trinajstić information content (AvgIpc) is 2.96. The smallest absolute Gasteiger partial charge is 0.274 e. The van der Waals surface area contributed by atoms with Gasteiger partial charge in [0.2, 0.25) is 0 Å². The predicted molar refractivity (Wildman–Crippen MR) is 92.6 cm³/mol. The molecule has 0 radical (unpaired) electrons. The number of halogens is 1. The number of thiazole rings is 1. The fourth-order valence-corrected chi connectivity index (χ4v) is 4.20. The monoisotopic (exact) mass is 348 g/mol. The number of carbonyl (C=O) groups excluding carboxylic acids is 1. The van der Waals surface area contributed by atoms with E-state index in [0.717, 1.165) is 28.3 Å². The number of carbonyl (C=O) groups is 1. The van der Waals surface area contributed by atoms with Crippen LogP contribution < -0.4 is 0 Å². The third kappa shape index (κ3) is 3.21. The van der Waals surface area contributed by atoms with Crippen LogP contribution in [0, 0.1) is 18.7 Å². The van der Waals surface area contributed by atoms with E-state index in [1.54, 1.807) is 17.0 Å². The predicted octanol–water partition coefficient (Wildman–Crippen LogP) is 3.49. The molecule has 1 aliphatic heterocycles. The van der Waals surface area contributed by atoms with Gasteiger partial charge >= 0.3 is 0 Å². The van der Waals surface area contributed by atoms with Crippen molar-refractivity contribution < 1.29 is 14.3 Å². The summed E-state index contributed by atoms with van der Waals surface area (Å²) in [7, 11) is 0. The third-order valence-electron chi connectivity index (χ3n) is 4.61. The number of rotatable bonds is 3. The Morgan fingerprint density at radius 2 is 2.12 bits per heavy atom. The first-order chi connectivity index (χ1) is 11.5. The summed E-state index contributed by atoms with van der Waals surface area (Å²) in [5.74, 6) is -0.191. The maximum atomic E-state index is 13.2. The average molecular weight is 348 g/mol. The normalized spacial score (nSPS) is 21.1. The number of amides is 1. The van der Waals surface area contributed by atoms with Gasteiger partial charge in [-0.15, -0.1) is 11.3 Å². The summed E-state index contributed by atoms with van der Waals surface area (Å²) < 4.78 is 13.2. The van der Waals surface area contributed by atoms with E-state index in [-0.39, 0.29) is 30.3 Å². The molecule has 1 aromatic carbocycles. The fourth-order valence-electron chi connectivity index (χ4n) is 3.28. The van der Waals surface area contributed by atoms with Crippen LogP contribution in [0.3, 0.4) is 0 Å². The van der Waals surface area contributed by atoms with Crippen molar-refractivity contribution in [3.8, 4) is 10.4 Å². The van der Waals surface area contributed by atoms with E-state index in [1.165, 1.54) is 23.5 Å². The molecule has 0 unspecified atom stereocenters. The third-order valence-corrected chi connectivity index (χ3v) is 5.63. The molecule has 2 heterocycles. The highest BCUT2D eigenvalue weighted by atomic mass is 32.1. The highest BCUT2D eigenvalue weighted by Gasteiger charge is 2.34. The van der Waals surface area contributed by atoms with E-state index in [1.807, 2.05) is 6.92 Å². The molecule has 6 heteroatoms. The molecule has 2 aromatic rings. The number of benzene rings is 1. The Kier molecular flexibility index (Phi) is 4.96. The molecule has 1 saturated heterocycles. The van der Waals surface area contributed by atoms with Gasteiger partial charge in [0.25, 0.3) is 5.91 Å². The van der Waals surface area contributed by atoms with Crippen molar-refractivity contribution in [3.63, 3.8) is 0 Å². The summed E-state index contributed by atoms with van der Waals surface area (Å²) in [6, 6.07) is 5.94. The Morgan fingerprint density at radius 1 is 1.42 bits per heavy atom. The van der Waals surface area contributed by atoms with Crippen LogP contribution in [-0.4, -0.2) is 40.1 Å². The Labute approximate surface area is 145 Å².